The second-order valence-electron chi connectivity index (χ2n) is 5.70. The van der Waals surface area contributed by atoms with Gasteiger partial charge in [0.05, 0.1) is 17.0 Å². The fraction of sp³-hybridized carbons (Fsp3) is 0.333. The first kappa shape index (κ1) is 14.6. The van der Waals surface area contributed by atoms with Crippen LogP contribution in [0, 0.1) is 5.41 Å². The molecule has 0 aliphatic heterocycles. The summed E-state index contributed by atoms with van der Waals surface area (Å²) in [5.74, 6) is -0.977. The number of para-hydroxylation sites is 1. The highest BCUT2D eigenvalue weighted by Crippen LogP contribution is 2.31. The molecule has 2 aromatic rings. The molecule has 0 spiro atoms. The first-order chi connectivity index (χ1) is 9.30. The summed E-state index contributed by atoms with van der Waals surface area (Å²) in [7, 11) is 0. The molecule has 0 saturated carbocycles. The van der Waals surface area contributed by atoms with Gasteiger partial charge in [-0.2, -0.15) is 0 Å². The Balaban J connectivity index is 2.28. The molecule has 1 aromatic heterocycles. The Morgan fingerprint density at radius 1 is 1.30 bits per heavy atom. The van der Waals surface area contributed by atoms with Gasteiger partial charge >= 0.3 is 5.97 Å². The number of halogens is 1. The van der Waals surface area contributed by atoms with Crippen LogP contribution in [-0.4, -0.2) is 21.8 Å². The zero-order valence-electron chi connectivity index (χ0n) is 11.4. The standard InChI is InChI=1S/C15H16ClNO3/c1-15(2,7-13(19)20)6-12(18)10-8-17-14-9(10)4-3-5-11(14)16/h3-5,8,17H,6-7H2,1-2H3,(H,19,20). The summed E-state index contributed by atoms with van der Waals surface area (Å²) in [5.41, 5.74) is 0.708. The molecule has 0 radical (unpaired) electrons. The van der Waals surface area contributed by atoms with Gasteiger partial charge in [-0.1, -0.05) is 37.6 Å². The number of H-pyrrole nitrogens is 1. The van der Waals surface area contributed by atoms with E-state index in [0.717, 1.165) is 10.9 Å². The van der Waals surface area contributed by atoms with Crippen molar-refractivity contribution < 1.29 is 14.7 Å². The van der Waals surface area contributed by atoms with E-state index in [1.165, 1.54) is 0 Å². The zero-order valence-corrected chi connectivity index (χ0v) is 12.1. The van der Waals surface area contributed by atoms with E-state index in [4.69, 9.17) is 16.7 Å². The van der Waals surface area contributed by atoms with E-state index < -0.39 is 11.4 Å². The number of carboxylic acids is 1. The summed E-state index contributed by atoms with van der Waals surface area (Å²) in [6.45, 7) is 3.56. The third kappa shape index (κ3) is 3.02. The molecule has 0 unspecified atom stereocenters. The number of carbonyl (C=O) groups excluding carboxylic acids is 1. The molecule has 5 heteroatoms. The fourth-order valence-corrected chi connectivity index (χ4v) is 2.58. The number of hydrogen-bond acceptors (Lipinski definition) is 2. The van der Waals surface area contributed by atoms with Crippen LogP contribution in [0.25, 0.3) is 10.9 Å². The van der Waals surface area contributed by atoms with Crippen LogP contribution in [0.4, 0.5) is 0 Å². The number of carboxylic acid groups (broad SMARTS) is 1. The monoisotopic (exact) mass is 293 g/mol. The molecule has 1 heterocycles. The Labute approximate surface area is 121 Å². The number of Topliss-reactive ketones (excluding diaryl/α,β-unsaturated/α-hetero) is 1. The Morgan fingerprint density at radius 2 is 2.00 bits per heavy atom. The number of rotatable bonds is 5. The van der Waals surface area contributed by atoms with Crippen LogP contribution >= 0.6 is 11.6 Å². The van der Waals surface area contributed by atoms with Crippen molar-refractivity contribution in [2.24, 2.45) is 5.41 Å². The lowest BCUT2D eigenvalue weighted by Gasteiger charge is -2.20. The Bertz CT molecular complexity index is 673. The van der Waals surface area contributed by atoms with Gasteiger partial charge in [-0.05, 0) is 11.5 Å². The summed E-state index contributed by atoms with van der Waals surface area (Å²) in [6.07, 6.45) is 1.77. The van der Waals surface area contributed by atoms with Gasteiger partial charge in [0.2, 0.25) is 0 Å². The van der Waals surface area contributed by atoms with Gasteiger partial charge in [-0.3, -0.25) is 9.59 Å². The number of carbonyl (C=O) groups is 2. The quantitative estimate of drug-likeness (QED) is 0.822. The Kier molecular flexibility index (Phi) is 3.86. The van der Waals surface area contributed by atoms with Gasteiger partial charge in [0, 0.05) is 23.6 Å². The van der Waals surface area contributed by atoms with Crippen LogP contribution in [0.15, 0.2) is 24.4 Å². The first-order valence-electron chi connectivity index (χ1n) is 6.31. The molecule has 1 aromatic carbocycles. The normalized spacial score (nSPS) is 11.8. The highest BCUT2D eigenvalue weighted by Gasteiger charge is 2.27. The molecule has 2 rings (SSSR count). The minimum atomic E-state index is -0.898. The average Bonchev–Trinajstić information content (AvgIpc) is 2.71. The molecule has 106 valence electrons. The summed E-state index contributed by atoms with van der Waals surface area (Å²) >= 11 is 6.06. The van der Waals surface area contributed by atoms with Crippen molar-refractivity contribution in [2.75, 3.05) is 0 Å². The van der Waals surface area contributed by atoms with Crippen molar-refractivity contribution in [1.82, 2.24) is 4.98 Å². The maximum atomic E-state index is 12.4. The Morgan fingerprint density at radius 3 is 2.65 bits per heavy atom. The number of aliphatic carboxylic acids is 1. The molecule has 4 nitrogen and oxygen atoms in total. The summed E-state index contributed by atoms with van der Waals surface area (Å²) in [6, 6.07) is 5.37. The topological polar surface area (TPSA) is 70.2 Å². The van der Waals surface area contributed by atoms with E-state index in [1.807, 2.05) is 6.07 Å². The maximum absolute atomic E-state index is 12.4. The molecular formula is C15H16ClNO3. The van der Waals surface area contributed by atoms with Gasteiger partial charge in [-0.25, -0.2) is 0 Å². The largest absolute Gasteiger partial charge is 0.481 e. The number of aromatic amines is 1. The Hall–Kier alpha value is -1.81. The summed E-state index contributed by atoms with van der Waals surface area (Å²) < 4.78 is 0. The minimum absolute atomic E-state index is 0.0398. The van der Waals surface area contributed by atoms with E-state index in [0.29, 0.717) is 10.6 Å². The van der Waals surface area contributed by atoms with Crippen molar-refractivity contribution in [1.29, 1.82) is 0 Å². The predicted molar refractivity (Wildman–Crippen MR) is 78.3 cm³/mol. The molecule has 0 aliphatic rings. The molecular weight excluding hydrogens is 278 g/mol. The van der Waals surface area contributed by atoms with Crippen LogP contribution in [0.5, 0.6) is 0 Å². The lowest BCUT2D eigenvalue weighted by Crippen LogP contribution is -2.21. The first-order valence-corrected chi connectivity index (χ1v) is 6.68. The predicted octanol–water partition coefficient (Wildman–Crippen LogP) is 3.90. The minimum Gasteiger partial charge on any atom is -0.481 e. The molecule has 0 bridgehead atoms. The van der Waals surface area contributed by atoms with Crippen molar-refractivity contribution in [3.8, 4) is 0 Å². The van der Waals surface area contributed by atoms with Crippen LogP contribution in [0.2, 0.25) is 5.02 Å². The molecule has 0 atom stereocenters. The van der Waals surface area contributed by atoms with Crippen LogP contribution in [-0.2, 0) is 4.79 Å². The molecule has 0 fully saturated rings. The smallest absolute Gasteiger partial charge is 0.303 e. The lowest BCUT2D eigenvalue weighted by atomic mass is 9.82. The number of ketones is 1. The van der Waals surface area contributed by atoms with E-state index >= 15 is 0 Å². The van der Waals surface area contributed by atoms with Gasteiger partial charge < -0.3 is 10.1 Å². The highest BCUT2D eigenvalue weighted by atomic mass is 35.5. The summed E-state index contributed by atoms with van der Waals surface area (Å²) in [4.78, 5) is 26.2. The van der Waals surface area contributed by atoms with Crippen LogP contribution < -0.4 is 0 Å². The van der Waals surface area contributed by atoms with Gasteiger partial charge in [0.1, 0.15) is 0 Å². The van der Waals surface area contributed by atoms with E-state index in [9.17, 15) is 9.59 Å². The number of nitrogens with one attached hydrogen (secondary N) is 1. The third-order valence-electron chi connectivity index (χ3n) is 3.23. The fourth-order valence-electron chi connectivity index (χ4n) is 2.35. The lowest BCUT2D eigenvalue weighted by molar-refractivity contribution is -0.139. The van der Waals surface area contributed by atoms with E-state index in [-0.39, 0.29) is 18.6 Å². The molecule has 0 aliphatic carbocycles. The molecule has 20 heavy (non-hydrogen) atoms. The molecule has 0 saturated heterocycles. The van der Waals surface area contributed by atoms with Gasteiger partial charge in [0.25, 0.3) is 0 Å². The second kappa shape index (κ2) is 5.29. The molecule has 2 N–H and O–H groups in total. The van der Waals surface area contributed by atoms with Crippen molar-refractivity contribution in [2.45, 2.75) is 26.7 Å². The SMILES string of the molecule is CC(C)(CC(=O)O)CC(=O)c1c[nH]c2c(Cl)cccc12. The van der Waals surface area contributed by atoms with Crippen LogP contribution in [0.1, 0.15) is 37.0 Å². The van der Waals surface area contributed by atoms with Crippen molar-refractivity contribution >= 4 is 34.3 Å². The van der Waals surface area contributed by atoms with Gasteiger partial charge in [-0.15, -0.1) is 0 Å². The zero-order chi connectivity index (χ0) is 14.9. The molecule has 0 amide bonds. The third-order valence-corrected chi connectivity index (χ3v) is 3.55. The number of aromatic nitrogens is 1. The van der Waals surface area contributed by atoms with Crippen molar-refractivity contribution in [3.05, 3.63) is 35.0 Å². The number of fused-ring (bicyclic) bond motifs is 1. The average molecular weight is 294 g/mol. The number of benzene rings is 1. The maximum Gasteiger partial charge on any atom is 0.303 e. The van der Waals surface area contributed by atoms with E-state index in [1.54, 1.807) is 32.2 Å². The highest BCUT2D eigenvalue weighted by molar-refractivity contribution is 6.35. The van der Waals surface area contributed by atoms with E-state index in [2.05, 4.69) is 4.98 Å². The second-order valence-corrected chi connectivity index (χ2v) is 6.11. The summed E-state index contributed by atoms with van der Waals surface area (Å²) in [5, 5.41) is 10.2. The van der Waals surface area contributed by atoms with Crippen molar-refractivity contribution in [3.63, 3.8) is 0 Å². The number of hydrogen-bond donors (Lipinski definition) is 2. The van der Waals surface area contributed by atoms with Crippen LogP contribution in [0.3, 0.4) is 0 Å². The van der Waals surface area contributed by atoms with Gasteiger partial charge in [0.15, 0.2) is 5.78 Å².